The highest BCUT2D eigenvalue weighted by Crippen LogP contribution is 2.19. The van der Waals surface area contributed by atoms with Crippen molar-refractivity contribution in [3.63, 3.8) is 0 Å². The van der Waals surface area contributed by atoms with Gasteiger partial charge in [0.05, 0.1) is 12.2 Å². The fraction of sp³-hybridized carbons (Fsp3) is 0.375. The number of nitrogens with one attached hydrogen (secondary N) is 2. The Hall–Kier alpha value is -2.21. The number of hydrogen-bond acceptors (Lipinski definition) is 3. The average molecular weight is 304 g/mol. The van der Waals surface area contributed by atoms with E-state index in [1.807, 2.05) is 12.1 Å². The Bertz CT molecular complexity index is 626. The number of rotatable bonds is 7. The number of amides is 1. The molecular formula is C16H21FN4O. The van der Waals surface area contributed by atoms with E-state index in [0.29, 0.717) is 13.1 Å². The lowest BCUT2D eigenvalue weighted by Gasteiger charge is -2.16. The normalized spacial score (nSPS) is 10.7. The SMILES string of the molecule is CNCC(=O)N(C)CCCc1cc(-c2cccc(F)c2)n[nH]1. The molecule has 118 valence electrons. The van der Waals surface area contributed by atoms with Crippen LogP contribution < -0.4 is 5.32 Å². The second kappa shape index (κ2) is 7.70. The molecule has 2 rings (SSSR count). The third-order valence-corrected chi connectivity index (χ3v) is 3.44. The van der Waals surface area contributed by atoms with Gasteiger partial charge in [0.15, 0.2) is 0 Å². The number of carbonyl (C=O) groups is 1. The molecule has 5 nitrogen and oxygen atoms in total. The summed E-state index contributed by atoms with van der Waals surface area (Å²) in [4.78, 5) is 13.3. The van der Waals surface area contributed by atoms with E-state index >= 15 is 0 Å². The second-order valence-corrected chi connectivity index (χ2v) is 5.24. The van der Waals surface area contributed by atoms with E-state index in [1.54, 1.807) is 25.1 Å². The maximum absolute atomic E-state index is 13.2. The molecule has 0 saturated carbocycles. The molecule has 6 heteroatoms. The fourth-order valence-corrected chi connectivity index (χ4v) is 2.20. The lowest BCUT2D eigenvalue weighted by molar-refractivity contribution is -0.128. The number of carbonyl (C=O) groups excluding carboxylic acids is 1. The molecule has 0 saturated heterocycles. The lowest BCUT2D eigenvalue weighted by atomic mass is 10.1. The summed E-state index contributed by atoms with van der Waals surface area (Å²) in [6, 6.07) is 8.29. The zero-order valence-corrected chi connectivity index (χ0v) is 12.9. The van der Waals surface area contributed by atoms with Crippen LogP contribution in [0.15, 0.2) is 30.3 Å². The van der Waals surface area contributed by atoms with Crippen molar-refractivity contribution in [2.45, 2.75) is 12.8 Å². The van der Waals surface area contributed by atoms with Crippen LogP contribution in [0, 0.1) is 5.82 Å². The molecule has 0 unspecified atom stereocenters. The van der Waals surface area contributed by atoms with Crippen LogP contribution in [-0.2, 0) is 11.2 Å². The van der Waals surface area contributed by atoms with E-state index in [0.717, 1.165) is 29.8 Å². The van der Waals surface area contributed by atoms with Crippen LogP contribution in [0.4, 0.5) is 4.39 Å². The number of benzene rings is 1. The van der Waals surface area contributed by atoms with Crippen molar-refractivity contribution >= 4 is 5.91 Å². The molecule has 0 aliphatic heterocycles. The van der Waals surface area contributed by atoms with Crippen LogP contribution in [-0.4, -0.2) is 48.2 Å². The Morgan fingerprint density at radius 1 is 1.41 bits per heavy atom. The van der Waals surface area contributed by atoms with Gasteiger partial charge in [-0.3, -0.25) is 9.89 Å². The molecule has 1 heterocycles. The van der Waals surface area contributed by atoms with Gasteiger partial charge in [-0.25, -0.2) is 4.39 Å². The molecule has 0 atom stereocenters. The number of likely N-dealkylation sites (N-methyl/N-ethyl adjacent to an activating group) is 2. The van der Waals surface area contributed by atoms with Gasteiger partial charge >= 0.3 is 0 Å². The van der Waals surface area contributed by atoms with E-state index in [4.69, 9.17) is 0 Å². The van der Waals surface area contributed by atoms with Gasteiger partial charge in [0.1, 0.15) is 5.82 Å². The zero-order chi connectivity index (χ0) is 15.9. The molecule has 0 aliphatic carbocycles. The maximum atomic E-state index is 13.2. The molecule has 0 radical (unpaired) electrons. The second-order valence-electron chi connectivity index (χ2n) is 5.24. The minimum atomic E-state index is -0.272. The monoisotopic (exact) mass is 304 g/mol. The quantitative estimate of drug-likeness (QED) is 0.820. The van der Waals surface area contributed by atoms with Gasteiger partial charge in [0, 0.05) is 24.8 Å². The Morgan fingerprint density at radius 2 is 2.23 bits per heavy atom. The molecule has 0 fully saturated rings. The smallest absolute Gasteiger partial charge is 0.236 e. The molecular weight excluding hydrogens is 283 g/mol. The minimum Gasteiger partial charge on any atom is -0.345 e. The lowest BCUT2D eigenvalue weighted by Crippen LogP contribution is -2.34. The number of H-pyrrole nitrogens is 1. The summed E-state index contributed by atoms with van der Waals surface area (Å²) in [5, 5.41) is 10.0. The number of nitrogens with zero attached hydrogens (tertiary/aromatic N) is 2. The highest BCUT2D eigenvalue weighted by molar-refractivity contribution is 5.77. The van der Waals surface area contributed by atoms with Crippen molar-refractivity contribution in [1.82, 2.24) is 20.4 Å². The highest BCUT2D eigenvalue weighted by atomic mass is 19.1. The Morgan fingerprint density at radius 3 is 2.95 bits per heavy atom. The maximum Gasteiger partial charge on any atom is 0.236 e. The first-order valence-electron chi connectivity index (χ1n) is 7.29. The first-order valence-corrected chi connectivity index (χ1v) is 7.29. The van der Waals surface area contributed by atoms with Crippen LogP contribution >= 0.6 is 0 Å². The fourth-order valence-electron chi connectivity index (χ4n) is 2.20. The summed E-state index contributed by atoms with van der Waals surface area (Å²) in [6.07, 6.45) is 1.64. The van der Waals surface area contributed by atoms with Crippen LogP contribution in [0.1, 0.15) is 12.1 Å². The molecule has 1 amide bonds. The van der Waals surface area contributed by atoms with Crippen LogP contribution in [0.2, 0.25) is 0 Å². The largest absolute Gasteiger partial charge is 0.345 e. The minimum absolute atomic E-state index is 0.0764. The Kier molecular flexibility index (Phi) is 5.66. The Labute approximate surface area is 129 Å². The van der Waals surface area contributed by atoms with Gasteiger partial charge in [0.25, 0.3) is 0 Å². The topological polar surface area (TPSA) is 61.0 Å². The summed E-state index contributed by atoms with van der Waals surface area (Å²) in [7, 11) is 3.55. The van der Waals surface area contributed by atoms with Crippen LogP contribution in [0.25, 0.3) is 11.3 Å². The zero-order valence-electron chi connectivity index (χ0n) is 12.9. The van der Waals surface area contributed by atoms with Gasteiger partial charge < -0.3 is 10.2 Å². The van der Waals surface area contributed by atoms with E-state index < -0.39 is 0 Å². The number of aromatic amines is 1. The van der Waals surface area contributed by atoms with Gasteiger partial charge in [-0.2, -0.15) is 5.10 Å². The van der Waals surface area contributed by atoms with Gasteiger partial charge in [-0.1, -0.05) is 12.1 Å². The van der Waals surface area contributed by atoms with Crippen molar-refractivity contribution in [2.24, 2.45) is 0 Å². The van der Waals surface area contributed by atoms with Crippen molar-refractivity contribution in [2.75, 3.05) is 27.2 Å². The molecule has 0 spiro atoms. The van der Waals surface area contributed by atoms with Crippen molar-refractivity contribution in [3.05, 3.63) is 41.8 Å². The summed E-state index contributed by atoms with van der Waals surface area (Å²) in [5.41, 5.74) is 2.46. The summed E-state index contributed by atoms with van der Waals surface area (Å²) < 4.78 is 13.2. The first-order chi connectivity index (χ1) is 10.6. The first kappa shape index (κ1) is 16.2. The molecule has 1 aromatic carbocycles. The van der Waals surface area contributed by atoms with E-state index in [9.17, 15) is 9.18 Å². The predicted octanol–water partition coefficient (Wildman–Crippen LogP) is 1.83. The van der Waals surface area contributed by atoms with E-state index in [1.165, 1.54) is 12.1 Å². The number of halogens is 1. The van der Waals surface area contributed by atoms with Crippen molar-refractivity contribution in [1.29, 1.82) is 0 Å². The summed E-state index contributed by atoms with van der Waals surface area (Å²) >= 11 is 0. The molecule has 0 bridgehead atoms. The van der Waals surface area contributed by atoms with Gasteiger partial charge in [-0.05, 0) is 38.1 Å². The third-order valence-electron chi connectivity index (χ3n) is 3.44. The van der Waals surface area contributed by atoms with Crippen LogP contribution in [0.5, 0.6) is 0 Å². The van der Waals surface area contributed by atoms with Gasteiger partial charge in [-0.15, -0.1) is 0 Å². The van der Waals surface area contributed by atoms with Crippen molar-refractivity contribution in [3.8, 4) is 11.3 Å². The van der Waals surface area contributed by atoms with E-state index in [-0.39, 0.29) is 11.7 Å². The number of aromatic nitrogens is 2. The highest BCUT2D eigenvalue weighted by Gasteiger charge is 2.08. The third kappa shape index (κ3) is 4.39. The van der Waals surface area contributed by atoms with E-state index in [2.05, 4.69) is 15.5 Å². The van der Waals surface area contributed by atoms with Crippen LogP contribution in [0.3, 0.4) is 0 Å². The predicted molar refractivity (Wildman–Crippen MR) is 83.9 cm³/mol. The Balaban J connectivity index is 1.86. The molecule has 22 heavy (non-hydrogen) atoms. The molecule has 1 aromatic heterocycles. The van der Waals surface area contributed by atoms with Gasteiger partial charge in [0.2, 0.25) is 5.91 Å². The summed E-state index contributed by atoms with van der Waals surface area (Å²) in [5.74, 6) is -0.195. The summed E-state index contributed by atoms with van der Waals surface area (Å²) in [6.45, 7) is 1.04. The number of hydrogen-bond donors (Lipinski definition) is 2. The number of aryl methyl sites for hydroxylation is 1. The molecule has 2 aromatic rings. The molecule has 2 N–H and O–H groups in total. The average Bonchev–Trinajstić information content (AvgIpc) is 2.96. The van der Waals surface area contributed by atoms with Crippen molar-refractivity contribution < 1.29 is 9.18 Å². The molecule has 0 aliphatic rings. The standard InChI is InChI=1S/C16H21FN4O/c1-18-11-16(22)21(2)8-4-7-14-10-15(20-19-14)12-5-3-6-13(17)9-12/h3,5-6,9-10,18H,4,7-8,11H2,1-2H3,(H,19,20).